The Kier molecular flexibility index (Phi) is 10.0. The van der Waals surface area contributed by atoms with Crippen molar-refractivity contribution in [1.29, 1.82) is 0 Å². The van der Waals surface area contributed by atoms with Gasteiger partial charge in [0, 0.05) is 24.0 Å². The molecule has 39 heavy (non-hydrogen) atoms. The number of benzene rings is 4. The second-order valence-corrected chi connectivity index (χ2v) is 10.8. The van der Waals surface area contributed by atoms with Gasteiger partial charge in [0.05, 0.1) is 4.47 Å². The van der Waals surface area contributed by atoms with Gasteiger partial charge in [-0.05, 0) is 69.4 Å². The summed E-state index contributed by atoms with van der Waals surface area (Å²) in [4.78, 5) is 29.1. The predicted octanol–water partition coefficient (Wildman–Crippen LogP) is 7.19. The van der Waals surface area contributed by atoms with Gasteiger partial charge in [-0.2, -0.15) is 0 Å². The maximum atomic E-state index is 13.8. The summed E-state index contributed by atoms with van der Waals surface area (Å²) >= 11 is 9.74. The molecule has 4 aromatic carbocycles. The highest BCUT2D eigenvalue weighted by atomic mass is 79.9. The molecule has 0 saturated carbocycles. The third kappa shape index (κ3) is 7.61. The Balaban J connectivity index is 1.64. The molecular weight excluding hydrogens is 576 g/mol. The van der Waals surface area contributed by atoms with Crippen LogP contribution in [0.5, 0.6) is 5.75 Å². The standard InChI is InChI=1S/C32H32BrClN2O3/c1-3-22(2)35-32(38)28(19-23-9-5-4-6-10-23)36(20-24-13-16-26(34)17-14-24)30(37)21-39-29-18-15-25-11-7-8-12-27(25)31(29)33/h4-18,22,28H,3,19-21H2,1-2H3,(H,35,38)/t22-,28+/m1/s1. The van der Waals surface area contributed by atoms with E-state index in [9.17, 15) is 9.59 Å². The molecule has 202 valence electrons. The van der Waals surface area contributed by atoms with Crippen LogP contribution in [0.4, 0.5) is 0 Å². The summed E-state index contributed by atoms with van der Waals surface area (Å²) in [6.07, 6.45) is 1.16. The number of nitrogens with zero attached hydrogens (tertiary/aromatic N) is 1. The Morgan fingerprint density at radius 3 is 2.33 bits per heavy atom. The number of amides is 2. The van der Waals surface area contributed by atoms with Crippen LogP contribution in [0.1, 0.15) is 31.4 Å². The molecule has 5 nitrogen and oxygen atoms in total. The van der Waals surface area contributed by atoms with Crippen molar-refractivity contribution in [2.45, 2.75) is 45.3 Å². The molecule has 0 aliphatic heterocycles. The Morgan fingerprint density at radius 2 is 1.62 bits per heavy atom. The summed E-state index contributed by atoms with van der Waals surface area (Å²) in [6, 6.07) is 28.1. The summed E-state index contributed by atoms with van der Waals surface area (Å²) < 4.78 is 6.82. The number of hydrogen-bond acceptors (Lipinski definition) is 3. The van der Waals surface area contributed by atoms with Gasteiger partial charge in [0.15, 0.2) is 6.61 Å². The molecule has 0 spiro atoms. The van der Waals surface area contributed by atoms with E-state index in [0.29, 0.717) is 17.2 Å². The SMILES string of the molecule is CC[C@@H](C)NC(=O)[C@H](Cc1ccccc1)N(Cc1ccc(Cl)cc1)C(=O)COc1ccc2ccccc2c1Br. The molecule has 0 aliphatic carbocycles. The number of hydrogen-bond donors (Lipinski definition) is 1. The van der Waals surface area contributed by atoms with Gasteiger partial charge in [-0.3, -0.25) is 9.59 Å². The van der Waals surface area contributed by atoms with Gasteiger partial charge in [-0.1, -0.05) is 91.3 Å². The highest BCUT2D eigenvalue weighted by Crippen LogP contribution is 2.33. The average molecular weight is 608 g/mol. The van der Waals surface area contributed by atoms with Gasteiger partial charge in [0.2, 0.25) is 5.91 Å². The van der Waals surface area contributed by atoms with Crippen LogP contribution in [0, 0.1) is 0 Å². The van der Waals surface area contributed by atoms with Crippen molar-refractivity contribution in [3.8, 4) is 5.75 Å². The van der Waals surface area contributed by atoms with Crippen LogP contribution in [0.15, 0.2) is 95.5 Å². The van der Waals surface area contributed by atoms with Gasteiger partial charge < -0.3 is 15.0 Å². The summed E-state index contributed by atoms with van der Waals surface area (Å²) in [6.45, 7) is 4.00. The van der Waals surface area contributed by atoms with E-state index < -0.39 is 6.04 Å². The molecular formula is C32H32BrClN2O3. The zero-order chi connectivity index (χ0) is 27.8. The molecule has 0 fully saturated rings. The Hall–Kier alpha value is -3.35. The van der Waals surface area contributed by atoms with E-state index in [-0.39, 0.29) is 31.0 Å². The van der Waals surface area contributed by atoms with E-state index in [1.165, 1.54) is 0 Å². The largest absolute Gasteiger partial charge is 0.483 e. The first-order valence-electron chi connectivity index (χ1n) is 13.0. The zero-order valence-electron chi connectivity index (χ0n) is 22.1. The lowest BCUT2D eigenvalue weighted by molar-refractivity contribution is -0.143. The van der Waals surface area contributed by atoms with Gasteiger partial charge in [0.1, 0.15) is 11.8 Å². The van der Waals surface area contributed by atoms with Crippen molar-refractivity contribution in [3.05, 3.63) is 112 Å². The normalized spacial score (nSPS) is 12.5. The van der Waals surface area contributed by atoms with Crippen LogP contribution in [0.2, 0.25) is 5.02 Å². The second-order valence-electron chi connectivity index (χ2n) is 9.56. The Bertz CT molecular complexity index is 1410. The van der Waals surface area contributed by atoms with E-state index in [2.05, 4.69) is 21.2 Å². The van der Waals surface area contributed by atoms with Gasteiger partial charge in [0.25, 0.3) is 5.91 Å². The lowest BCUT2D eigenvalue weighted by atomic mass is 10.0. The molecule has 2 atom stereocenters. The molecule has 7 heteroatoms. The molecule has 0 aromatic heterocycles. The van der Waals surface area contributed by atoms with Crippen molar-refractivity contribution in [2.75, 3.05) is 6.61 Å². The number of halogens is 2. The van der Waals surface area contributed by atoms with Gasteiger partial charge in [-0.15, -0.1) is 0 Å². The van der Waals surface area contributed by atoms with Gasteiger partial charge in [-0.25, -0.2) is 0 Å². The minimum absolute atomic E-state index is 0.0203. The lowest BCUT2D eigenvalue weighted by Gasteiger charge is -2.32. The predicted molar refractivity (Wildman–Crippen MR) is 161 cm³/mol. The van der Waals surface area contributed by atoms with Crippen LogP contribution in [-0.2, 0) is 22.6 Å². The van der Waals surface area contributed by atoms with E-state index in [1.807, 2.05) is 92.7 Å². The smallest absolute Gasteiger partial charge is 0.261 e. The fourth-order valence-corrected chi connectivity index (χ4v) is 5.06. The maximum Gasteiger partial charge on any atom is 0.261 e. The quantitative estimate of drug-likeness (QED) is 0.196. The van der Waals surface area contributed by atoms with Crippen molar-refractivity contribution >= 4 is 50.1 Å². The number of nitrogens with one attached hydrogen (secondary N) is 1. The molecule has 0 saturated heterocycles. The first kappa shape index (κ1) is 28.7. The van der Waals surface area contributed by atoms with Gasteiger partial charge >= 0.3 is 0 Å². The Morgan fingerprint density at radius 1 is 0.923 bits per heavy atom. The van der Waals surface area contributed by atoms with E-state index >= 15 is 0 Å². The van der Waals surface area contributed by atoms with Crippen molar-refractivity contribution in [3.63, 3.8) is 0 Å². The topological polar surface area (TPSA) is 58.6 Å². The third-order valence-corrected chi connectivity index (χ3v) is 7.79. The fraction of sp³-hybridized carbons (Fsp3) is 0.250. The molecule has 4 aromatic rings. The first-order chi connectivity index (χ1) is 18.9. The molecule has 2 amide bonds. The highest BCUT2D eigenvalue weighted by molar-refractivity contribution is 9.10. The molecule has 1 N–H and O–H groups in total. The van der Waals surface area contributed by atoms with Crippen LogP contribution in [0.25, 0.3) is 10.8 Å². The Labute approximate surface area is 243 Å². The maximum absolute atomic E-state index is 13.8. The number of carbonyl (C=O) groups is 2. The first-order valence-corrected chi connectivity index (χ1v) is 14.2. The van der Waals surface area contributed by atoms with Crippen LogP contribution < -0.4 is 10.1 Å². The van der Waals surface area contributed by atoms with Crippen molar-refractivity contribution in [2.24, 2.45) is 0 Å². The monoisotopic (exact) mass is 606 g/mol. The number of fused-ring (bicyclic) bond motifs is 1. The molecule has 0 radical (unpaired) electrons. The highest BCUT2D eigenvalue weighted by Gasteiger charge is 2.31. The minimum atomic E-state index is -0.728. The third-order valence-electron chi connectivity index (χ3n) is 6.72. The molecule has 0 bridgehead atoms. The minimum Gasteiger partial charge on any atom is -0.483 e. The fourth-order valence-electron chi connectivity index (χ4n) is 4.33. The summed E-state index contributed by atoms with van der Waals surface area (Å²) in [7, 11) is 0. The summed E-state index contributed by atoms with van der Waals surface area (Å²) in [5.74, 6) is 0.0878. The number of ether oxygens (including phenoxy) is 1. The van der Waals surface area contributed by atoms with E-state index in [1.54, 1.807) is 17.0 Å². The van der Waals surface area contributed by atoms with Crippen LogP contribution in [-0.4, -0.2) is 35.4 Å². The molecule has 0 heterocycles. The summed E-state index contributed by atoms with van der Waals surface area (Å²) in [5.41, 5.74) is 1.84. The molecule has 0 aliphatic rings. The van der Waals surface area contributed by atoms with Crippen molar-refractivity contribution in [1.82, 2.24) is 10.2 Å². The number of rotatable bonds is 11. The van der Waals surface area contributed by atoms with Crippen molar-refractivity contribution < 1.29 is 14.3 Å². The second kappa shape index (κ2) is 13.6. The lowest BCUT2D eigenvalue weighted by Crippen LogP contribution is -2.53. The van der Waals surface area contributed by atoms with E-state index in [4.69, 9.17) is 16.3 Å². The van der Waals surface area contributed by atoms with Crippen LogP contribution >= 0.6 is 27.5 Å². The average Bonchev–Trinajstić information content (AvgIpc) is 2.96. The summed E-state index contributed by atoms with van der Waals surface area (Å²) in [5, 5.41) is 5.75. The van der Waals surface area contributed by atoms with E-state index in [0.717, 1.165) is 32.8 Å². The molecule has 0 unspecified atom stereocenters. The number of carbonyl (C=O) groups excluding carboxylic acids is 2. The van der Waals surface area contributed by atoms with Crippen LogP contribution in [0.3, 0.4) is 0 Å². The zero-order valence-corrected chi connectivity index (χ0v) is 24.4. The molecule has 4 rings (SSSR count).